The Hall–Kier alpha value is -2.94. The average Bonchev–Trinajstić information content (AvgIpc) is 3.42. The Morgan fingerprint density at radius 3 is 2.80 bits per heavy atom. The van der Waals surface area contributed by atoms with E-state index in [1.54, 1.807) is 43.5 Å². The van der Waals surface area contributed by atoms with Crippen LogP contribution in [0, 0.1) is 0 Å². The molecule has 2 aliphatic heterocycles. The maximum Gasteiger partial charge on any atom is 0.414 e. The number of aromatic nitrogens is 1. The highest BCUT2D eigenvalue weighted by Gasteiger charge is 2.32. The summed E-state index contributed by atoms with van der Waals surface area (Å²) in [6, 6.07) is 10.5. The van der Waals surface area contributed by atoms with Gasteiger partial charge in [0.2, 0.25) is 5.88 Å². The van der Waals surface area contributed by atoms with Crippen molar-refractivity contribution >= 4 is 29.4 Å². The zero-order valence-electron chi connectivity index (χ0n) is 16.6. The molecule has 2 atom stereocenters. The largest absolute Gasteiger partial charge is 0.497 e. The second-order valence-electron chi connectivity index (χ2n) is 7.01. The van der Waals surface area contributed by atoms with E-state index in [9.17, 15) is 9.59 Å². The van der Waals surface area contributed by atoms with Crippen molar-refractivity contribution < 1.29 is 23.8 Å². The number of nitrogens with zero attached hydrogens (tertiary/aromatic N) is 2. The molecule has 158 valence electrons. The lowest BCUT2D eigenvalue weighted by molar-refractivity contribution is 0.0915. The molecule has 9 heteroatoms. The molecule has 1 N–H and O–H groups in total. The van der Waals surface area contributed by atoms with Crippen molar-refractivity contribution in [3.8, 4) is 11.6 Å². The molecule has 8 nitrogen and oxygen atoms in total. The van der Waals surface area contributed by atoms with E-state index in [-0.39, 0.29) is 18.6 Å². The number of rotatable bonds is 7. The molecule has 2 aliphatic rings. The first-order chi connectivity index (χ1) is 14.6. The molecule has 0 saturated carbocycles. The Bertz CT molecular complexity index is 885. The number of nitrogens with one attached hydrogen (secondary N) is 1. The molecule has 4 rings (SSSR count). The number of anilines is 1. The highest BCUT2D eigenvalue weighted by atomic mass is 32.2. The van der Waals surface area contributed by atoms with Crippen LogP contribution < -0.4 is 19.7 Å². The Morgan fingerprint density at radius 2 is 2.13 bits per heavy atom. The third-order valence-electron chi connectivity index (χ3n) is 4.92. The van der Waals surface area contributed by atoms with Crippen LogP contribution in [0.1, 0.15) is 16.8 Å². The van der Waals surface area contributed by atoms with Crippen LogP contribution in [0.5, 0.6) is 11.6 Å². The summed E-state index contributed by atoms with van der Waals surface area (Å²) in [5.74, 6) is 3.04. The van der Waals surface area contributed by atoms with Gasteiger partial charge >= 0.3 is 6.09 Å². The standard InChI is InChI=1S/C21H23N3O5S/c1-27-16-5-3-15(4-6-16)24-12-18(29-21(24)26)11-23-20(25)14-2-7-19(22-10-14)28-17-8-9-30-13-17/h2-7,10,17-18H,8-9,11-13H2,1H3,(H,23,25). The van der Waals surface area contributed by atoms with Crippen molar-refractivity contribution in [3.63, 3.8) is 0 Å². The summed E-state index contributed by atoms with van der Waals surface area (Å²) in [6.45, 7) is 0.574. The van der Waals surface area contributed by atoms with E-state index in [2.05, 4.69) is 10.3 Å². The minimum absolute atomic E-state index is 0.188. The molecule has 2 aromatic rings. The normalized spacial score (nSPS) is 20.7. The predicted molar refractivity (Wildman–Crippen MR) is 114 cm³/mol. The highest BCUT2D eigenvalue weighted by molar-refractivity contribution is 7.99. The summed E-state index contributed by atoms with van der Waals surface area (Å²) in [7, 11) is 1.59. The second kappa shape index (κ2) is 9.25. The molecule has 3 heterocycles. The number of hydrogen-bond donors (Lipinski definition) is 1. The van der Waals surface area contributed by atoms with Crippen molar-refractivity contribution in [2.75, 3.05) is 36.6 Å². The monoisotopic (exact) mass is 429 g/mol. The summed E-state index contributed by atoms with van der Waals surface area (Å²) < 4.78 is 16.3. The van der Waals surface area contributed by atoms with E-state index in [4.69, 9.17) is 14.2 Å². The van der Waals surface area contributed by atoms with Crippen LogP contribution in [0.25, 0.3) is 0 Å². The first-order valence-electron chi connectivity index (χ1n) is 9.73. The third-order valence-corrected chi connectivity index (χ3v) is 6.05. The van der Waals surface area contributed by atoms with Crippen molar-refractivity contribution in [1.29, 1.82) is 0 Å². The van der Waals surface area contributed by atoms with Gasteiger partial charge in [-0.1, -0.05) is 0 Å². The number of carbonyl (C=O) groups excluding carboxylic acids is 2. The number of benzene rings is 1. The quantitative estimate of drug-likeness (QED) is 0.724. The molecular formula is C21H23N3O5S. The van der Waals surface area contributed by atoms with Crippen LogP contribution in [0.15, 0.2) is 42.6 Å². The van der Waals surface area contributed by atoms with Crippen molar-refractivity contribution in [1.82, 2.24) is 10.3 Å². The van der Waals surface area contributed by atoms with Gasteiger partial charge in [-0.15, -0.1) is 0 Å². The number of thioether (sulfide) groups is 1. The molecule has 2 unspecified atom stereocenters. The zero-order valence-corrected chi connectivity index (χ0v) is 17.4. The van der Waals surface area contributed by atoms with Gasteiger partial charge in [0.1, 0.15) is 18.0 Å². The van der Waals surface area contributed by atoms with E-state index >= 15 is 0 Å². The molecule has 2 saturated heterocycles. The predicted octanol–water partition coefficient (Wildman–Crippen LogP) is 2.73. The minimum Gasteiger partial charge on any atom is -0.497 e. The number of cyclic esters (lactones) is 1. The van der Waals surface area contributed by atoms with E-state index < -0.39 is 12.2 Å². The zero-order chi connectivity index (χ0) is 20.9. The second-order valence-corrected chi connectivity index (χ2v) is 8.16. The first kappa shape index (κ1) is 20.3. The van der Waals surface area contributed by atoms with E-state index in [0.717, 1.165) is 23.6 Å². The van der Waals surface area contributed by atoms with Gasteiger partial charge in [0, 0.05) is 23.7 Å². The number of ether oxygens (including phenoxy) is 3. The lowest BCUT2D eigenvalue weighted by Crippen LogP contribution is -2.34. The van der Waals surface area contributed by atoms with Crippen LogP contribution in [-0.4, -0.2) is 60.9 Å². The van der Waals surface area contributed by atoms with Gasteiger partial charge < -0.3 is 19.5 Å². The van der Waals surface area contributed by atoms with Crippen molar-refractivity contribution in [2.24, 2.45) is 0 Å². The van der Waals surface area contributed by atoms with Crippen molar-refractivity contribution in [3.05, 3.63) is 48.2 Å². The van der Waals surface area contributed by atoms with Gasteiger partial charge in [0.15, 0.2) is 0 Å². The summed E-state index contributed by atoms with van der Waals surface area (Å²) in [6.07, 6.45) is 1.83. The maximum atomic E-state index is 12.4. The summed E-state index contributed by atoms with van der Waals surface area (Å²) >= 11 is 1.87. The third kappa shape index (κ3) is 4.79. The summed E-state index contributed by atoms with van der Waals surface area (Å²) in [5, 5.41) is 2.80. The van der Waals surface area contributed by atoms with Crippen molar-refractivity contribution in [2.45, 2.75) is 18.6 Å². The van der Waals surface area contributed by atoms with E-state index in [1.807, 2.05) is 11.8 Å². The Labute approximate surface area is 178 Å². The summed E-state index contributed by atoms with van der Waals surface area (Å²) in [4.78, 5) is 30.3. The maximum absolute atomic E-state index is 12.4. The van der Waals surface area contributed by atoms with Crippen LogP contribution in [0.3, 0.4) is 0 Å². The number of amides is 2. The van der Waals surface area contributed by atoms with E-state index in [0.29, 0.717) is 23.7 Å². The topological polar surface area (TPSA) is 90.0 Å². The van der Waals surface area contributed by atoms with Gasteiger partial charge in [-0.05, 0) is 42.5 Å². The number of pyridine rings is 1. The molecular weight excluding hydrogens is 406 g/mol. The SMILES string of the molecule is COc1ccc(N2CC(CNC(=O)c3ccc(OC4CCSC4)nc3)OC2=O)cc1. The fraction of sp³-hybridized carbons (Fsp3) is 0.381. The van der Waals surface area contributed by atoms with Gasteiger partial charge in [-0.3, -0.25) is 9.69 Å². The smallest absolute Gasteiger partial charge is 0.414 e. The average molecular weight is 429 g/mol. The fourth-order valence-electron chi connectivity index (χ4n) is 3.27. The number of hydrogen-bond acceptors (Lipinski definition) is 7. The van der Waals surface area contributed by atoms with E-state index in [1.165, 1.54) is 11.1 Å². The number of methoxy groups -OCH3 is 1. The minimum atomic E-state index is -0.437. The summed E-state index contributed by atoms with van der Waals surface area (Å²) in [5.41, 5.74) is 1.15. The molecule has 0 aliphatic carbocycles. The van der Waals surface area contributed by atoms with Crippen LogP contribution in [0.4, 0.5) is 10.5 Å². The van der Waals surface area contributed by atoms with Gasteiger partial charge in [-0.25, -0.2) is 9.78 Å². The fourth-order valence-corrected chi connectivity index (χ4v) is 4.36. The first-order valence-corrected chi connectivity index (χ1v) is 10.9. The molecule has 2 amide bonds. The molecule has 1 aromatic carbocycles. The molecule has 0 bridgehead atoms. The molecule has 1 aromatic heterocycles. The molecule has 0 radical (unpaired) electrons. The molecule has 2 fully saturated rings. The van der Waals surface area contributed by atoms with Gasteiger partial charge in [0.05, 0.1) is 25.8 Å². The Kier molecular flexibility index (Phi) is 6.27. The van der Waals surface area contributed by atoms with Crippen LogP contribution in [0.2, 0.25) is 0 Å². The number of carbonyl (C=O) groups is 2. The molecule has 0 spiro atoms. The van der Waals surface area contributed by atoms with Crippen LogP contribution >= 0.6 is 11.8 Å². The van der Waals surface area contributed by atoms with Gasteiger partial charge in [0.25, 0.3) is 5.91 Å². The Morgan fingerprint density at radius 1 is 1.30 bits per heavy atom. The lowest BCUT2D eigenvalue weighted by Gasteiger charge is -2.14. The highest BCUT2D eigenvalue weighted by Crippen LogP contribution is 2.24. The lowest BCUT2D eigenvalue weighted by atomic mass is 10.2. The van der Waals surface area contributed by atoms with Gasteiger partial charge in [-0.2, -0.15) is 11.8 Å². The Balaban J connectivity index is 1.27. The molecule has 30 heavy (non-hydrogen) atoms. The van der Waals surface area contributed by atoms with Crippen LogP contribution in [-0.2, 0) is 4.74 Å².